The minimum Gasteiger partial charge on any atom is -0.303 e. The lowest BCUT2D eigenvalue weighted by molar-refractivity contribution is 0.0901. The van der Waals surface area contributed by atoms with Crippen LogP contribution in [-0.4, -0.2) is 30.3 Å². The first-order chi connectivity index (χ1) is 7.68. The first-order valence-electron chi connectivity index (χ1n) is 5.98. The lowest BCUT2D eigenvalue weighted by Gasteiger charge is -2.20. The van der Waals surface area contributed by atoms with Gasteiger partial charge in [0.2, 0.25) is 0 Å². The maximum absolute atomic E-state index is 12.1. The van der Waals surface area contributed by atoms with E-state index < -0.39 is 0 Å². The van der Waals surface area contributed by atoms with E-state index in [0.717, 1.165) is 18.2 Å². The molecule has 1 fully saturated rings. The van der Waals surface area contributed by atoms with E-state index in [-0.39, 0.29) is 11.7 Å². The zero-order valence-electron chi connectivity index (χ0n) is 10.0. The molecule has 0 spiro atoms. The predicted octanol–water partition coefficient (Wildman–Crippen LogP) is 2.60. The Hall–Kier alpha value is -1.15. The van der Waals surface area contributed by atoms with E-state index in [4.69, 9.17) is 0 Å². The van der Waals surface area contributed by atoms with Crippen molar-refractivity contribution < 1.29 is 4.79 Å². The summed E-state index contributed by atoms with van der Waals surface area (Å²) in [6.07, 6.45) is 2.59. The first kappa shape index (κ1) is 11.3. The number of ketones is 1. The molecule has 0 heterocycles. The van der Waals surface area contributed by atoms with Crippen LogP contribution in [0.2, 0.25) is 0 Å². The molecule has 86 valence electrons. The van der Waals surface area contributed by atoms with Crippen LogP contribution in [0.3, 0.4) is 0 Å². The SMILES string of the molecule is CC(CN(C)C1CC1)C(=O)c1ccccc1. The Morgan fingerprint density at radius 2 is 2.00 bits per heavy atom. The minimum absolute atomic E-state index is 0.0907. The summed E-state index contributed by atoms with van der Waals surface area (Å²) < 4.78 is 0. The van der Waals surface area contributed by atoms with Crippen LogP contribution in [0.4, 0.5) is 0 Å². The van der Waals surface area contributed by atoms with Gasteiger partial charge in [-0.25, -0.2) is 0 Å². The zero-order valence-corrected chi connectivity index (χ0v) is 10.0. The number of hydrogen-bond donors (Lipinski definition) is 0. The van der Waals surface area contributed by atoms with Gasteiger partial charge in [0.05, 0.1) is 0 Å². The molecule has 0 bridgehead atoms. The summed E-state index contributed by atoms with van der Waals surface area (Å²) in [5.74, 6) is 0.348. The third-order valence-corrected chi connectivity index (χ3v) is 3.24. The van der Waals surface area contributed by atoms with E-state index in [2.05, 4.69) is 11.9 Å². The van der Waals surface area contributed by atoms with Crippen LogP contribution in [0.25, 0.3) is 0 Å². The molecule has 0 aromatic heterocycles. The number of rotatable bonds is 5. The van der Waals surface area contributed by atoms with E-state index in [0.29, 0.717) is 0 Å². The Kier molecular flexibility index (Phi) is 3.39. The lowest BCUT2D eigenvalue weighted by atomic mass is 9.99. The van der Waals surface area contributed by atoms with Gasteiger partial charge in [-0.15, -0.1) is 0 Å². The highest BCUT2D eigenvalue weighted by atomic mass is 16.1. The summed E-state index contributed by atoms with van der Waals surface area (Å²) >= 11 is 0. The van der Waals surface area contributed by atoms with Crippen molar-refractivity contribution in [3.8, 4) is 0 Å². The second-order valence-electron chi connectivity index (χ2n) is 4.80. The normalized spacial score (nSPS) is 17.4. The van der Waals surface area contributed by atoms with E-state index >= 15 is 0 Å². The summed E-state index contributed by atoms with van der Waals surface area (Å²) in [5.41, 5.74) is 0.833. The maximum Gasteiger partial charge on any atom is 0.166 e. The average molecular weight is 217 g/mol. The number of carbonyl (C=O) groups excluding carboxylic acids is 1. The number of hydrogen-bond acceptors (Lipinski definition) is 2. The van der Waals surface area contributed by atoms with Gasteiger partial charge in [0, 0.05) is 24.1 Å². The maximum atomic E-state index is 12.1. The minimum atomic E-state index is 0.0907. The summed E-state index contributed by atoms with van der Waals surface area (Å²) in [7, 11) is 2.12. The van der Waals surface area contributed by atoms with E-state index in [1.165, 1.54) is 12.8 Å². The van der Waals surface area contributed by atoms with Gasteiger partial charge in [0.15, 0.2) is 5.78 Å². The molecule has 16 heavy (non-hydrogen) atoms. The van der Waals surface area contributed by atoms with Crippen molar-refractivity contribution in [3.63, 3.8) is 0 Å². The second kappa shape index (κ2) is 4.79. The number of carbonyl (C=O) groups is 1. The molecule has 1 aliphatic rings. The van der Waals surface area contributed by atoms with Crippen molar-refractivity contribution in [1.29, 1.82) is 0 Å². The number of Topliss-reactive ketones (excluding diaryl/α,β-unsaturated/α-hetero) is 1. The van der Waals surface area contributed by atoms with Crippen LogP contribution in [0, 0.1) is 5.92 Å². The summed E-state index contributed by atoms with van der Waals surface area (Å²) in [4.78, 5) is 14.4. The standard InChI is InChI=1S/C14H19NO/c1-11(10-15(2)13-8-9-13)14(16)12-6-4-3-5-7-12/h3-7,11,13H,8-10H2,1-2H3. The molecule has 0 aliphatic heterocycles. The summed E-state index contributed by atoms with van der Waals surface area (Å²) in [5, 5.41) is 0. The summed E-state index contributed by atoms with van der Waals surface area (Å²) in [6.45, 7) is 2.90. The van der Waals surface area contributed by atoms with Gasteiger partial charge in [-0.3, -0.25) is 4.79 Å². The van der Waals surface area contributed by atoms with Crippen LogP contribution in [-0.2, 0) is 0 Å². The Bertz CT molecular complexity index is 356. The van der Waals surface area contributed by atoms with Gasteiger partial charge in [0.25, 0.3) is 0 Å². The Balaban J connectivity index is 1.93. The van der Waals surface area contributed by atoms with E-state index in [1.54, 1.807) is 0 Å². The molecule has 0 radical (unpaired) electrons. The molecular weight excluding hydrogens is 198 g/mol. The van der Waals surface area contributed by atoms with Crippen LogP contribution >= 0.6 is 0 Å². The van der Waals surface area contributed by atoms with Gasteiger partial charge in [0.1, 0.15) is 0 Å². The lowest BCUT2D eigenvalue weighted by Crippen LogP contribution is -2.30. The van der Waals surface area contributed by atoms with Gasteiger partial charge in [-0.1, -0.05) is 37.3 Å². The highest BCUT2D eigenvalue weighted by Crippen LogP contribution is 2.26. The van der Waals surface area contributed by atoms with E-state index in [1.807, 2.05) is 37.3 Å². The van der Waals surface area contributed by atoms with Gasteiger partial charge < -0.3 is 4.90 Å². The van der Waals surface area contributed by atoms with Crippen molar-refractivity contribution >= 4 is 5.78 Å². The largest absolute Gasteiger partial charge is 0.303 e. The second-order valence-corrected chi connectivity index (χ2v) is 4.80. The van der Waals surface area contributed by atoms with Crippen molar-refractivity contribution in [2.75, 3.05) is 13.6 Å². The molecule has 0 amide bonds. The topological polar surface area (TPSA) is 20.3 Å². The molecule has 1 aromatic rings. The van der Waals surface area contributed by atoms with Crippen LogP contribution in [0.1, 0.15) is 30.1 Å². The monoisotopic (exact) mass is 217 g/mol. The molecule has 2 heteroatoms. The number of nitrogens with zero attached hydrogens (tertiary/aromatic N) is 1. The third-order valence-electron chi connectivity index (χ3n) is 3.24. The average Bonchev–Trinajstić information content (AvgIpc) is 3.13. The van der Waals surface area contributed by atoms with Crippen molar-refractivity contribution in [2.24, 2.45) is 5.92 Å². The van der Waals surface area contributed by atoms with Gasteiger partial charge >= 0.3 is 0 Å². The third kappa shape index (κ3) is 2.70. The van der Waals surface area contributed by atoms with Crippen LogP contribution in [0.15, 0.2) is 30.3 Å². The Morgan fingerprint density at radius 1 is 1.38 bits per heavy atom. The smallest absolute Gasteiger partial charge is 0.166 e. The molecule has 1 aromatic carbocycles. The molecule has 0 saturated heterocycles. The molecule has 1 aliphatic carbocycles. The van der Waals surface area contributed by atoms with E-state index in [9.17, 15) is 4.79 Å². The van der Waals surface area contributed by atoms with Crippen LogP contribution < -0.4 is 0 Å². The molecule has 0 N–H and O–H groups in total. The highest BCUT2D eigenvalue weighted by Gasteiger charge is 2.28. The predicted molar refractivity (Wildman–Crippen MR) is 65.6 cm³/mol. The number of benzene rings is 1. The van der Waals surface area contributed by atoms with Gasteiger partial charge in [-0.2, -0.15) is 0 Å². The fourth-order valence-corrected chi connectivity index (χ4v) is 2.07. The Morgan fingerprint density at radius 3 is 2.56 bits per heavy atom. The highest BCUT2D eigenvalue weighted by molar-refractivity contribution is 5.97. The molecule has 1 saturated carbocycles. The molecular formula is C14H19NO. The van der Waals surface area contributed by atoms with Crippen molar-refractivity contribution in [2.45, 2.75) is 25.8 Å². The quantitative estimate of drug-likeness (QED) is 0.707. The molecule has 2 rings (SSSR count). The van der Waals surface area contributed by atoms with Crippen molar-refractivity contribution in [3.05, 3.63) is 35.9 Å². The first-order valence-corrected chi connectivity index (χ1v) is 5.98. The van der Waals surface area contributed by atoms with Gasteiger partial charge in [-0.05, 0) is 19.9 Å². The molecule has 1 unspecified atom stereocenters. The fourth-order valence-electron chi connectivity index (χ4n) is 2.07. The fraction of sp³-hybridized carbons (Fsp3) is 0.500. The van der Waals surface area contributed by atoms with Crippen LogP contribution in [0.5, 0.6) is 0 Å². The molecule has 1 atom stereocenters. The summed E-state index contributed by atoms with van der Waals surface area (Å²) in [6, 6.07) is 10.3. The molecule has 2 nitrogen and oxygen atoms in total. The Labute approximate surface area is 97.3 Å². The zero-order chi connectivity index (χ0) is 11.5. The van der Waals surface area contributed by atoms with Crippen molar-refractivity contribution in [1.82, 2.24) is 4.90 Å².